The Morgan fingerprint density at radius 2 is 2.00 bits per heavy atom. The minimum atomic E-state index is -0.864. The molecule has 0 bridgehead atoms. The number of hydrogen-bond donors (Lipinski definition) is 0. The summed E-state index contributed by atoms with van der Waals surface area (Å²) in [5, 5.41) is 12.0. The SMILES string of the molecule is Cc1cc2oc(=O)cc(COC(=O)c3ccccc3[N+](=O)[O-])c2cc1Cl. The summed E-state index contributed by atoms with van der Waals surface area (Å²) < 4.78 is 10.3. The van der Waals surface area contributed by atoms with Crippen molar-refractivity contribution in [3.8, 4) is 0 Å². The molecule has 1 aromatic heterocycles. The third-order valence-corrected chi connectivity index (χ3v) is 4.20. The van der Waals surface area contributed by atoms with E-state index in [9.17, 15) is 19.7 Å². The number of hydrogen-bond acceptors (Lipinski definition) is 6. The van der Waals surface area contributed by atoms with Crippen LogP contribution in [0.4, 0.5) is 5.69 Å². The molecule has 26 heavy (non-hydrogen) atoms. The van der Waals surface area contributed by atoms with Crippen LogP contribution in [-0.4, -0.2) is 10.9 Å². The second-order valence-electron chi connectivity index (χ2n) is 5.54. The quantitative estimate of drug-likeness (QED) is 0.296. The summed E-state index contributed by atoms with van der Waals surface area (Å²) in [7, 11) is 0. The van der Waals surface area contributed by atoms with Crippen LogP contribution >= 0.6 is 11.6 Å². The van der Waals surface area contributed by atoms with E-state index in [0.29, 0.717) is 21.6 Å². The summed E-state index contributed by atoms with van der Waals surface area (Å²) >= 11 is 6.11. The zero-order valence-corrected chi connectivity index (χ0v) is 14.3. The maximum atomic E-state index is 12.2. The van der Waals surface area contributed by atoms with Crippen molar-refractivity contribution in [1.82, 2.24) is 0 Å². The molecule has 0 saturated carbocycles. The van der Waals surface area contributed by atoms with Crippen molar-refractivity contribution in [3.05, 3.63) is 84.7 Å². The first-order valence-electron chi connectivity index (χ1n) is 7.50. The first kappa shape index (κ1) is 17.6. The molecule has 7 nitrogen and oxygen atoms in total. The number of benzene rings is 2. The highest BCUT2D eigenvalue weighted by Gasteiger charge is 2.21. The first-order chi connectivity index (χ1) is 12.4. The van der Waals surface area contributed by atoms with Gasteiger partial charge in [-0.1, -0.05) is 23.7 Å². The van der Waals surface area contributed by atoms with Gasteiger partial charge < -0.3 is 9.15 Å². The Morgan fingerprint density at radius 3 is 2.73 bits per heavy atom. The summed E-state index contributed by atoms with van der Waals surface area (Å²) in [4.78, 5) is 34.3. The fourth-order valence-electron chi connectivity index (χ4n) is 2.49. The third-order valence-electron chi connectivity index (χ3n) is 3.79. The minimum Gasteiger partial charge on any atom is -0.457 e. The number of carbonyl (C=O) groups excluding carboxylic acids is 1. The first-order valence-corrected chi connectivity index (χ1v) is 7.88. The number of nitrogens with zero attached hydrogens (tertiary/aromatic N) is 1. The minimum absolute atomic E-state index is 0.168. The largest absolute Gasteiger partial charge is 0.457 e. The number of esters is 1. The van der Waals surface area contributed by atoms with Gasteiger partial charge in [0.25, 0.3) is 5.69 Å². The van der Waals surface area contributed by atoms with Crippen LogP contribution in [0, 0.1) is 17.0 Å². The van der Waals surface area contributed by atoms with Gasteiger partial charge in [-0.2, -0.15) is 0 Å². The number of nitro groups is 1. The van der Waals surface area contributed by atoms with Crippen molar-refractivity contribution in [2.45, 2.75) is 13.5 Å². The molecule has 0 aliphatic carbocycles. The van der Waals surface area contributed by atoms with E-state index < -0.39 is 16.5 Å². The lowest BCUT2D eigenvalue weighted by molar-refractivity contribution is -0.385. The summed E-state index contributed by atoms with van der Waals surface area (Å²) in [5.74, 6) is -0.864. The molecule has 0 aliphatic rings. The van der Waals surface area contributed by atoms with E-state index >= 15 is 0 Å². The van der Waals surface area contributed by atoms with Crippen molar-refractivity contribution in [1.29, 1.82) is 0 Å². The Balaban J connectivity index is 1.93. The molecule has 3 aromatic rings. The predicted octanol–water partition coefficient (Wildman–Crippen LogP) is 4.02. The van der Waals surface area contributed by atoms with Crippen molar-refractivity contribution >= 4 is 34.2 Å². The van der Waals surface area contributed by atoms with Crippen LogP contribution in [0.25, 0.3) is 11.0 Å². The van der Waals surface area contributed by atoms with Crippen LogP contribution in [0.15, 0.2) is 51.7 Å². The van der Waals surface area contributed by atoms with Gasteiger partial charge in [-0.05, 0) is 30.7 Å². The highest BCUT2D eigenvalue weighted by atomic mass is 35.5. The van der Waals surface area contributed by atoms with Gasteiger partial charge in [0.2, 0.25) is 0 Å². The van der Waals surface area contributed by atoms with Gasteiger partial charge in [0.15, 0.2) is 0 Å². The predicted molar refractivity (Wildman–Crippen MR) is 94.4 cm³/mol. The number of rotatable bonds is 4. The lowest BCUT2D eigenvalue weighted by Gasteiger charge is -2.09. The van der Waals surface area contributed by atoms with E-state index in [0.717, 1.165) is 5.56 Å². The Labute approximate surface area is 151 Å². The monoisotopic (exact) mass is 373 g/mol. The van der Waals surface area contributed by atoms with E-state index in [1.165, 1.54) is 30.3 Å². The smallest absolute Gasteiger partial charge is 0.345 e. The fraction of sp³-hybridized carbons (Fsp3) is 0.111. The Morgan fingerprint density at radius 1 is 1.27 bits per heavy atom. The van der Waals surface area contributed by atoms with Crippen molar-refractivity contribution in [2.24, 2.45) is 0 Å². The highest BCUT2D eigenvalue weighted by Crippen LogP contribution is 2.26. The lowest BCUT2D eigenvalue weighted by Crippen LogP contribution is -2.10. The second kappa shape index (κ2) is 6.97. The average molecular weight is 374 g/mol. The van der Waals surface area contributed by atoms with Gasteiger partial charge in [0.1, 0.15) is 17.8 Å². The molecule has 2 aromatic carbocycles. The molecule has 8 heteroatoms. The molecule has 3 rings (SSSR count). The molecular weight excluding hydrogens is 362 g/mol. The second-order valence-corrected chi connectivity index (χ2v) is 5.95. The third kappa shape index (κ3) is 3.43. The topological polar surface area (TPSA) is 99.7 Å². The normalized spacial score (nSPS) is 10.7. The maximum Gasteiger partial charge on any atom is 0.345 e. The van der Waals surface area contributed by atoms with Gasteiger partial charge in [-0.3, -0.25) is 10.1 Å². The van der Waals surface area contributed by atoms with Crippen LogP contribution in [0.3, 0.4) is 0 Å². The molecule has 0 amide bonds. The molecule has 0 aliphatic heterocycles. The standard InChI is InChI=1S/C18H12ClNO6/c1-10-6-16-13(8-14(10)19)11(7-17(21)26-16)9-25-18(22)12-4-2-3-5-15(12)20(23)24/h2-8H,9H2,1H3. The summed E-state index contributed by atoms with van der Waals surface area (Å²) in [6.45, 7) is 1.51. The van der Waals surface area contributed by atoms with Crippen LogP contribution in [0.1, 0.15) is 21.5 Å². The lowest BCUT2D eigenvalue weighted by atomic mass is 10.1. The number of carbonyl (C=O) groups is 1. The number of halogens is 1. The van der Waals surface area contributed by atoms with Gasteiger partial charge in [-0.15, -0.1) is 0 Å². The number of para-hydroxylation sites is 1. The zero-order valence-electron chi connectivity index (χ0n) is 13.5. The van der Waals surface area contributed by atoms with Gasteiger partial charge in [0.05, 0.1) is 4.92 Å². The fourth-order valence-corrected chi connectivity index (χ4v) is 2.66. The molecule has 0 unspecified atom stereocenters. The number of ether oxygens (including phenoxy) is 1. The summed E-state index contributed by atoms with van der Waals surface area (Å²) in [6.07, 6.45) is 0. The molecule has 1 heterocycles. The van der Waals surface area contributed by atoms with Crippen LogP contribution in [0.2, 0.25) is 5.02 Å². The van der Waals surface area contributed by atoms with Gasteiger partial charge in [0, 0.05) is 28.1 Å². The number of nitro benzene ring substituents is 1. The Bertz CT molecular complexity index is 1090. The number of aryl methyl sites for hydroxylation is 1. The maximum absolute atomic E-state index is 12.2. The van der Waals surface area contributed by atoms with Crippen molar-refractivity contribution in [3.63, 3.8) is 0 Å². The molecule has 0 fully saturated rings. The van der Waals surface area contributed by atoms with E-state index in [2.05, 4.69) is 0 Å². The van der Waals surface area contributed by atoms with Crippen molar-refractivity contribution in [2.75, 3.05) is 0 Å². The molecule has 0 saturated heterocycles. The molecular formula is C18H12ClNO6. The Kier molecular flexibility index (Phi) is 4.73. The van der Waals surface area contributed by atoms with Crippen LogP contribution in [0.5, 0.6) is 0 Å². The highest BCUT2D eigenvalue weighted by molar-refractivity contribution is 6.32. The molecule has 0 atom stereocenters. The van der Waals surface area contributed by atoms with Gasteiger partial charge >= 0.3 is 11.6 Å². The van der Waals surface area contributed by atoms with E-state index in [1.54, 1.807) is 19.1 Å². The molecule has 0 N–H and O–H groups in total. The Hall–Kier alpha value is -3.19. The zero-order chi connectivity index (χ0) is 18.8. The van der Waals surface area contributed by atoms with E-state index in [4.69, 9.17) is 20.8 Å². The molecule has 132 valence electrons. The van der Waals surface area contributed by atoms with Crippen molar-refractivity contribution < 1.29 is 18.9 Å². The van der Waals surface area contributed by atoms with E-state index in [-0.39, 0.29) is 17.9 Å². The van der Waals surface area contributed by atoms with Crippen LogP contribution in [-0.2, 0) is 11.3 Å². The molecule has 0 spiro atoms. The van der Waals surface area contributed by atoms with Crippen LogP contribution < -0.4 is 5.63 Å². The summed E-state index contributed by atoms with van der Waals surface area (Å²) in [5.41, 5.74) is 0.320. The summed E-state index contributed by atoms with van der Waals surface area (Å²) in [6, 6.07) is 9.90. The molecule has 0 radical (unpaired) electrons. The number of fused-ring (bicyclic) bond motifs is 1. The van der Waals surface area contributed by atoms with Gasteiger partial charge in [-0.25, -0.2) is 9.59 Å². The van der Waals surface area contributed by atoms with E-state index in [1.807, 2.05) is 0 Å². The average Bonchev–Trinajstić information content (AvgIpc) is 2.60.